The minimum absolute atomic E-state index is 0.0225. The maximum atomic E-state index is 10.8. The van der Waals surface area contributed by atoms with Gasteiger partial charge in [-0.15, -0.1) is 0 Å². The first-order valence-corrected chi connectivity index (χ1v) is 8.15. The van der Waals surface area contributed by atoms with E-state index in [0.29, 0.717) is 26.9 Å². The van der Waals surface area contributed by atoms with Crippen LogP contribution in [0.25, 0.3) is 11.8 Å². The highest BCUT2D eigenvalue weighted by Gasteiger charge is 2.19. The fourth-order valence-corrected chi connectivity index (χ4v) is 2.87. The number of rotatable bonds is 5. The second kappa shape index (κ2) is 7.65. The summed E-state index contributed by atoms with van der Waals surface area (Å²) in [6.45, 7) is 0. The molecule has 0 spiro atoms. The zero-order chi connectivity index (χ0) is 18.7. The molecule has 0 fully saturated rings. The van der Waals surface area contributed by atoms with Crippen LogP contribution in [0.15, 0.2) is 55.1 Å². The summed E-state index contributed by atoms with van der Waals surface area (Å²) < 4.78 is 1.40. The Labute approximate surface area is 158 Å². The maximum Gasteiger partial charge on any atom is 0.269 e. The van der Waals surface area contributed by atoms with Gasteiger partial charge in [0, 0.05) is 27.7 Å². The van der Waals surface area contributed by atoms with Crippen molar-refractivity contribution in [2.45, 2.75) is 6.10 Å². The van der Waals surface area contributed by atoms with E-state index in [4.69, 9.17) is 23.2 Å². The minimum Gasteiger partial charge on any atom is -0.382 e. The third-order valence-corrected chi connectivity index (χ3v) is 4.20. The van der Waals surface area contributed by atoms with Gasteiger partial charge in [0.2, 0.25) is 0 Å². The zero-order valence-electron chi connectivity index (χ0n) is 13.2. The van der Waals surface area contributed by atoms with Gasteiger partial charge < -0.3 is 5.11 Å². The van der Waals surface area contributed by atoms with Gasteiger partial charge in [0.25, 0.3) is 5.69 Å². The molecule has 3 rings (SSSR count). The number of halogens is 2. The second-order valence-electron chi connectivity index (χ2n) is 5.33. The summed E-state index contributed by atoms with van der Waals surface area (Å²) in [4.78, 5) is 14.2. The molecule has 3 aromatic rings. The van der Waals surface area contributed by atoms with Crippen molar-refractivity contribution < 1.29 is 10.0 Å². The topological polar surface area (TPSA) is 94.1 Å². The summed E-state index contributed by atoms with van der Waals surface area (Å²) in [7, 11) is 0. The van der Waals surface area contributed by atoms with E-state index in [0.717, 1.165) is 0 Å². The Hall–Kier alpha value is -2.74. The van der Waals surface area contributed by atoms with Crippen molar-refractivity contribution in [1.82, 2.24) is 14.8 Å². The number of aliphatic hydroxyl groups excluding tert-OH is 1. The molecule has 1 N–H and O–H groups in total. The summed E-state index contributed by atoms with van der Waals surface area (Å²) >= 11 is 12.1. The van der Waals surface area contributed by atoms with Crippen LogP contribution in [0.4, 0.5) is 5.69 Å². The number of nitrogens with zero attached hydrogens (tertiary/aromatic N) is 4. The highest BCUT2D eigenvalue weighted by Crippen LogP contribution is 2.33. The van der Waals surface area contributed by atoms with Crippen LogP contribution in [0, 0.1) is 10.1 Å². The van der Waals surface area contributed by atoms with Gasteiger partial charge in [0.15, 0.2) is 0 Å². The lowest BCUT2D eigenvalue weighted by Gasteiger charge is -2.17. The molecule has 9 heteroatoms. The molecule has 0 saturated heterocycles. The van der Waals surface area contributed by atoms with Crippen molar-refractivity contribution in [3.05, 3.63) is 86.4 Å². The first kappa shape index (κ1) is 18.1. The third kappa shape index (κ3) is 3.91. The molecule has 1 heterocycles. The molecule has 0 aliphatic rings. The van der Waals surface area contributed by atoms with E-state index >= 15 is 0 Å². The van der Waals surface area contributed by atoms with Gasteiger partial charge in [-0.3, -0.25) is 10.1 Å². The lowest BCUT2D eigenvalue weighted by atomic mass is 10.0. The van der Waals surface area contributed by atoms with Crippen molar-refractivity contribution in [3.63, 3.8) is 0 Å². The summed E-state index contributed by atoms with van der Waals surface area (Å²) in [5.41, 5.74) is 1.44. The Morgan fingerprint density at radius 3 is 2.54 bits per heavy atom. The smallest absolute Gasteiger partial charge is 0.269 e. The SMILES string of the molecule is O=[N+]([O-])c1ccc(C=C(C(O)c2ccc(Cl)cc2Cl)n2cncn2)cc1. The van der Waals surface area contributed by atoms with E-state index in [1.54, 1.807) is 30.3 Å². The lowest BCUT2D eigenvalue weighted by Crippen LogP contribution is -2.09. The molecule has 1 atom stereocenters. The Balaban J connectivity index is 2.04. The third-order valence-electron chi connectivity index (χ3n) is 3.64. The summed E-state index contributed by atoms with van der Waals surface area (Å²) in [5, 5.41) is 26.4. The molecule has 0 radical (unpaired) electrons. The highest BCUT2D eigenvalue weighted by atomic mass is 35.5. The van der Waals surface area contributed by atoms with Gasteiger partial charge in [-0.25, -0.2) is 9.67 Å². The molecule has 0 bridgehead atoms. The van der Waals surface area contributed by atoms with E-state index < -0.39 is 11.0 Å². The Morgan fingerprint density at radius 2 is 1.96 bits per heavy atom. The maximum absolute atomic E-state index is 10.8. The molecule has 1 aromatic heterocycles. The molecule has 1 unspecified atom stereocenters. The average molecular weight is 391 g/mol. The molecule has 0 saturated carbocycles. The molecule has 0 aliphatic heterocycles. The standard InChI is InChI=1S/C17H12Cl2N4O3/c18-12-3-6-14(15(19)8-12)17(24)16(22-10-20-9-21-22)7-11-1-4-13(5-2-11)23(25)26/h1-10,17,24H. The van der Waals surface area contributed by atoms with Gasteiger partial charge in [-0.2, -0.15) is 5.10 Å². The molecular formula is C17H12Cl2N4O3. The first-order valence-electron chi connectivity index (χ1n) is 7.40. The predicted molar refractivity (Wildman–Crippen MR) is 98.7 cm³/mol. The number of aliphatic hydroxyl groups is 1. The van der Waals surface area contributed by atoms with Crippen LogP contribution in [0.3, 0.4) is 0 Å². The van der Waals surface area contributed by atoms with Gasteiger partial charge in [-0.1, -0.05) is 29.3 Å². The molecule has 0 aliphatic carbocycles. The summed E-state index contributed by atoms with van der Waals surface area (Å²) in [6.07, 6.45) is 3.30. The molecule has 7 nitrogen and oxygen atoms in total. The van der Waals surface area contributed by atoms with Crippen LogP contribution in [-0.4, -0.2) is 24.8 Å². The van der Waals surface area contributed by atoms with Gasteiger partial charge in [0.05, 0.1) is 10.6 Å². The second-order valence-corrected chi connectivity index (χ2v) is 6.17. The molecular weight excluding hydrogens is 379 g/mol. The largest absolute Gasteiger partial charge is 0.382 e. The Kier molecular flexibility index (Phi) is 5.32. The average Bonchev–Trinajstić information content (AvgIpc) is 3.14. The number of non-ortho nitro benzene ring substituents is 1. The van der Waals surface area contributed by atoms with Crippen LogP contribution < -0.4 is 0 Å². The number of nitro groups is 1. The van der Waals surface area contributed by atoms with E-state index in [1.807, 2.05) is 0 Å². The van der Waals surface area contributed by atoms with Crippen LogP contribution in [0.5, 0.6) is 0 Å². The minimum atomic E-state index is -1.11. The van der Waals surface area contributed by atoms with Crippen molar-refractivity contribution in [1.29, 1.82) is 0 Å². The van der Waals surface area contributed by atoms with Crippen molar-refractivity contribution in [2.24, 2.45) is 0 Å². The predicted octanol–water partition coefficient (Wildman–Crippen LogP) is 4.22. The molecule has 0 amide bonds. The van der Waals surface area contributed by atoms with Crippen LogP contribution >= 0.6 is 23.2 Å². The van der Waals surface area contributed by atoms with Gasteiger partial charge in [-0.05, 0) is 35.9 Å². The summed E-state index contributed by atoms with van der Waals surface area (Å²) in [6, 6.07) is 10.7. The zero-order valence-corrected chi connectivity index (χ0v) is 14.7. The van der Waals surface area contributed by atoms with E-state index in [9.17, 15) is 15.2 Å². The van der Waals surface area contributed by atoms with Gasteiger partial charge >= 0.3 is 0 Å². The monoisotopic (exact) mass is 390 g/mol. The van der Waals surface area contributed by atoms with Crippen molar-refractivity contribution in [2.75, 3.05) is 0 Å². The molecule has 26 heavy (non-hydrogen) atoms. The normalized spacial score (nSPS) is 12.8. The fourth-order valence-electron chi connectivity index (χ4n) is 2.36. The number of hydrogen-bond donors (Lipinski definition) is 1. The Bertz CT molecular complexity index is 957. The number of nitro benzene ring substituents is 1. The Morgan fingerprint density at radius 1 is 1.23 bits per heavy atom. The molecule has 132 valence electrons. The number of benzene rings is 2. The fraction of sp³-hybridized carbons (Fsp3) is 0.0588. The number of hydrogen-bond acceptors (Lipinski definition) is 5. The van der Waals surface area contributed by atoms with Gasteiger partial charge in [0.1, 0.15) is 18.8 Å². The lowest BCUT2D eigenvalue weighted by molar-refractivity contribution is -0.384. The van der Waals surface area contributed by atoms with Crippen molar-refractivity contribution in [3.8, 4) is 0 Å². The highest BCUT2D eigenvalue weighted by molar-refractivity contribution is 6.35. The van der Waals surface area contributed by atoms with Crippen LogP contribution in [0.2, 0.25) is 10.0 Å². The van der Waals surface area contributed by atoms with E-state index in [2.05, 4.69) is 10.1 Å². The van der Waals surface area contributed by atoms with Crippen molar-refractivity contribution >= 4 is 40.7 Å². The van der Waals surface area contributed by atoms with Crippen LogP contribution in [-0.2, 0) is 0 Å². The van der Waals surface area contributed by atoms with E-state index in [-0.39, 0.29) is 5.69 Å². The van der Waals surface area contributed by atoms with E-state index in [1.165, 1.54) is 35.5 Å². The molecule has 2 aromatic carbocycles. The quantitative estimate of drug-likeness (QED) is 0.519. The van der Waals surface area contributed by atoms with Crippen LogP contribution in [0.1, 0.15) is 17.2 Å². The summed E-state index contributed by atoms with van der Waals surface area (Å²) in [5.74, 6) is 0. The first-order chi connectivity index (χ1) is 12.5. The number of aromatic nitrogens is 3.